The molecule has 0 bridgehead atoms. The van der Waals surface area contributed by atoms with Gasteiger partial charge < -0.3 is 4.74 Å². The first-order chi connectivity index (χ1) is 8.22. The Morgan fingerprint density at radius 2 is 2.35 bits per heavy atom. The second kappa shape index (κ2) is 6.08. The smallest absolute Gasteiger partial charge is 0.124 e. The Bertz CT molecular complexity index is 383. The molecule has 2 unspecified atom stereocenters. The Morgan fingerprint density at radius 1 is 1.53 bits per heavy atom. The van der Waals surface area contributed by atoms with E-state index in [1.54, 1.807) is 6.07 Å². The minimum Gasteiger partial charge on any atom is -0.381 e. The zero-order valence-corrected chi connectivity index (χ0v) is 11.6. The highest BCUT2D eigenvalue weighted by molar-refractivity contribution is 14.1. The van der Waals surface area contributed by atoms with Gasteiger partial charge in [-0.3, -0.25) is 11.3 Å². The molecule has 0 radical (unpaired) electrons. The van der Waals surface area contributed by atoms with Gasteiger partial charge in [0.1, 0.15) is 5.82 Å². The van der Waals surface area contributed by atoms with Gasteiger partial charge in [0.2, 0.25) is 0 Å². The number of nitrogens with one attached hydrogen (secondary N) is 1. The largest absolute Gasteiger partial charge is 0.381 e. The number of hydrazine groups is 1. The lowest BCUT2D eigenvalue weighted by Gasteiger charge is -2.30. The number of ether oxygens (including phenoxy) is 1. The minimum atomic E-state index is -0.214. The predicted molar refractivity (Wildman–Crippen MR) is 72.7 cm³/mol. The van der Waals surface area contributed by atoms with Crippen molar-refractivity contribution < 1.29 is 9.13 Å². The Balaban J connectivity index is 2.21. The predicted octanol–water partition coefficient (Wildman–Crippen LogP) is 2.36. The van der Waals surface area contributed by atoms with E-state index in [1.165, 1.54) is 12.1 Å². The number of nitrogens with two attached hydrogens (primary N) is 1. The van der Waals surface area contributed by atoms with E-state index in [0.29, 0.717) is 12.5 Å². The van der Waals surface area contributed by atoms with E-state index < -0.39 is 0 Å². The molecule has 94 valence electrons. The fraction of sp³-hybridized carbons (Fsp3) is 0.500. The van der Waals surface area contributed by atoms with Crippen molar-refractivity contribution in [3.8, 4) is 0 Å². The summed E-state index contributed by atoms with van der Waals surface area (Å²) in [5.41, 5.74) is 3.89. The molecule has 1 aromatic rings. The molecule has 0 saturated carbocycles. The van der Waals surface area contributed by atoms with Gasteiger partial charge in [0, 0.05) is 16.1 Å². The number of hydrogen-bond acceptors (Lipinski definition) is 3. The van der Waals surface area contributed by atoms with Crippen LogP contribution < -0.4 is 11.3 Å². The monoisotopic (exact) mass is 350 g/mol. The van der Waals surface area contributed by atoms with E-state index in [2.05, 4.69) is 28.0 Å². The lowest BCUT2D eigenvalue weighted by Crippen LogP contribution is -2.37. The standard InChI is InChI=1S/C12H16FIN2O/c13-9-3-4-10(11(14)6-9)12(16-15)8-2-1-5-17-7-8/h3-4,6,8,12,16H,1-2,5,7,15H2. The highest BCUT2D eigenvalue weighted by atomic mass is 127. The molecule has 1 aliphatic heterocycles. The number of halogens is 2. The highest BCUT2D eigenvalue weighted by Gasteiger charge is 2.26. The number of rotatable bonds is 3. The van der Waals surface area contributed by atoms with Crippen LogP contribution in [0.3, 0.4) is 0 Å². The third kappa shape index (κ3) is 3.15. The first-order valence-electron chi connectivity index (χ1n) is 5.71. The third-order valence-corrected chi connectivity index (χ3v) is 4.08. The molecule has 1 saturated heterocycles. The molecule has 0 aromatic heterocycles. The molecule has 0 aliphatic carbocycles. The van der Waals surface area contributed by atoms with E-state index in [4.69, 9.17) is 10.6 Å². The molecular formula is C12H16FIN2O. The van der Waals surface area contributed by atoms with Crippen LogP contribution in [0.2, 0.25) is 0 Å². The summed E-state index contributed by atoms with van der Waals surface area (Å²) in [7, 11) is 0. The second-order valence-corrected chi connectivity index (χ2v) is 5.45. The van der Waals surface area contributed by atoms with Gasteiger partial charge in [-0.2, -0.15) is 0 Å². The van der Waals surface area contributed by atoms with Crippen LogP contribution in [0.1, 0.15) is 24.4 Å². The van der Waals surface area contributed by atoms with Gasteiger partial charge in [-0.15, -0.1) is 0 Å². The molecule has 0 amide bonds. The van der Waals surface area contributed by atoms with Crippen molar-refractivity contribution in [3.63, 3.8) is 0 Å². The summed E-state index contributed by atoms with van der Waals surface area (Å²) in [6.07, 6.45) is 2.14. The van der Waals surface area contributed by atoms with Gasteiger partial charge in [-0.25, -0.2) is 4.39 Å². The molecule has 3 nitrogen and oxygen atoms in total. The maximum Gasteiger partial charge on any atom is 0.124 e. The van der Waals surface area contributed by atoms with Crippen molar-refractivity contribution in [2.24, 2.45) is 11.8 Å². The lowest BCUT2D eigenvalue weighted by atomic mass is 9.89. The van der Waals surface area contributed by atoms with Crippen LogP contribution in [0.5, 0.6) is 0 Å². The van der Waals surface area contributed by atoms with E-state index in [0.717, 1.165) is 28.6 Å². The van der Waals surface area contributed by atoms with E-state index >= 15 is 0 Å². The fourth-order valence-corrected chi connectivity index (χ4v) is 3.07. The van der Waals surface area contributed by atoms with Crippen LogP contribution >= 0.6 is 22.6 Å². The van der Waals surface area contributed by atoms with Crippen molar-refractivity contribution in [2.45, 2.75) is 18.9 Å². The molecule has 1 heterocycles. The number of hydrogen-bond donors (Lipinski definition) is 2. The van der Waals surface area contributed by atoms with Crippen LogP contribution in [0.4, 0.5) is 4.39 Å². The zero-order chi connectivity index (χ0) is 12.3. The maximum absolute atomic E-state index is 13.1. The van der Waals surface area contributed by atoms with Gasteiger partial charge in [-0.05, 0) is 53.1 Å². The normalized spacial score (nSPS) is 22.4. The number of benzene rings is 1. The van der Waals surface area contributed by atoms with E-state index in [1.807, 2.05) is 0 Å². The lowest BCUT2D eigenvalue weighted by molar-refractivity contribution is 0.0389. The van der Waals surface area contributed by atoms with Gasteiger partial charge in [0.15, 0.2) is 0 Å². The molecule has 1 aromatic carbocycles. The summed E-state index contributed by atoms with van der Waals surface area (Å²) < 4.78 is 19.5. The van der Waals surface area contributed by atoms with Crippen LogP contribution in [-0.4, -0.2) is 13.2 Å². The van der Waals surface area contributed by atoms with Gasteiger partial charge in [0.05, 0.1) is 12.6 Å². The zero-order valence-electron chi connectivity index (χ0n) is 9.46. The molecule has 2 rings (SSSR count). The van der Waals surface area contributed by atoms with E-state index in [9.17, 15) is 4.39 Å². The summed E-state index contributed by atoms with van der Waals surface area (Å²) in [4.78, 5) is 0. The molecule has 0 spiro atoms. The third-order valence-electron chi connectivity index (χ3n) is 3.14. The second-order valence-electron chi connectivity index (χ2n) is 4.29. The van der Waals surface area contributed by atoms with Crippen molar-refractivity contribution >= 4 is 22.6 Å². The summed E-state index contributed by atoms with van der Waals surface area (Å²) >= 11 is 2.14. The summed E-state index contributed by atoms with van der Waals surface area (Å²) in [5.74, 6) is 5.78. The van der Waals surface area contributed by atoms with Crippen molar-refractivity contribution in [3.05, 3.63) is 33.1 Å². The molecule has 1 aliphatic rings. The van der Waals surface area contributed by atoms with Crippen LogP contribution in [-0.2, 0) is 4.74 Å². The van der Waals surface area contributed by atoms with Crippen LogP contribution in [0, 0.1) is 15.3 Å². The van der Waals surface area contributed by atoms with Crippen LogP contribution in [0.15, 0.2) is 18.2 Å². The van der Waals surface area contributed by atoms with Crippen molar-refractivity contribution in [1.29, 1.82) is 0 Å². The van der Waals surface area contributed by atoms with Crippen LogP contribution in [0.25, 0.3) is 0 Å². The van der Waals surface area contributed by atoms with Gasteiger partial charge in [-0.1, -0.05) is 6.07 Å². The highest BCUT2D eigenvalue weighted by Crippen LogP contribution is 2.31. The molecule has 17 heavy (non-hydrogen) atoms. The van der Waals surface area contributed by atoms with E-state index in [-0.39, 0.29) is 11.9 Å². The molecule has 1 fully saturated rings. The average Bonchev–Trinajstić information content (AvgIpc) is 2.34. The van der Waals surface area contributed by atoms with Crippen molar-refractivity contribution in [2.75, 3.05) is 13.2 Å². The first kappa shape index (κ1) is 13.2. The summed E-state index contributed by atoms with van der Waals surface area (Å²) in [5, 5.41) is 0. The summed E-state index contributed by atoms with van der Waals surface area (Å²) in [6.45, 7) is 1.54. The quantitative estimate of drug-likeness (QED) is 0.500. The average molecular weight is 350 g/mol. The molecule has 5 heteroatoms. The Morgan fingerprint density at radius 3 is 2.94 bits per heavy atom. The van der Waals surface area contributed by atoms with Gasteiger partial charge >= 0.3 is 0 Å². The fourth-order valence-electron chi connectivity index (χ4n) is 2.26. The maximum atomic E-state index is 13.1. The molecule has 2 atom stereocenters. The summed E-state index contributed by atoms with van der Waals surface area (Å²) in [6, 6.07) is 4.84. The molecule has 3 N–H and O–H groups in total. The topological polar surface area (TPSA) is 47.3 Å². The Labute approximate surface area is 114 Å². The van der Waals surface area contributed by atoms with Gasteiger partial charge in [0.25, 0.3) is 0 Å². The Hall–Kier alpha value is -0.240. The van der Waals surface area contributed by atoms with Crippen molar-refractivity contribution in [1.82, 2.24) is 5.43 Å². The first-order valence-corrected chi connectivity index (χ1v) is 6.79. The molecular weight excluding hydrogens is 334 g/mol. The minimum absolute atomic E-state index is 0.0304. The SMILES string of the molecule is NNC(c1ccc(F)cc1I)C1CCCOC1. The Kier molecular flexibility index (Phi) is 4.72.